The first-order valence-electron chi connectivity index (χ1n) is 8.81. The summed E-state index contributed by atoms with van der Waals surface area (Å²) in [6.45, 7) is -0.578. The number of esters is 1. The number of nitrogens with one attached hydrogen (secondary N) is 1. The Labute approximate surface area is 168 Å². The van der Waals surface area contributed by atoms with Crippen LogP contribution in [0.3, 0.4) is 0 Å². The van der Waals surface area contributed by atoms with Gasteiger partial charge in [0.25, 0.3) is 5.91 Å². The number of benzene rings is 2. The van der Waals surface area contributed by atoms with Gasteiger partial charge in [0.05, 0.1) is 0 Å². The van der Waals surface area contributed by atoms with Crippen LogP contribution in [0.2, 0.25) is 0 Å². The number of carbonyl (C=O) groups is 3. The van der Waals surface area contributed by atoms with E-state index in [4.69, 9.17) is 9.47 Å². The second-order valence-electron chi connectivity index (χ2n) is 5.90. The van der Waals surface area contributed by atoms with E-state index in [9.17, 15) is 14.4 Å². The maximum absolute atomic E-state index is 12.4. The number of amides is 1. The Kier molecular flexibility index (Phi) is 9.07. The van der Waals surface area contributed by atoms with Crippen LogP contribution in [-0.4, -0.2) is 48.9 Å². The summed E-state index contributed by atoms with van der Waals surface area (Å²) >= 11 is 1.55. The van der Waals surface area contributed by atoms with E-state index in [2.05, 4.69) is 5.32 Å². The molecule has 1 amide bonds. The molecule has 2 rings (SSSR count). The van der Waals surface area contributed by atoms with Gasteiger partial charge in [-0.2, -0.15) is 11.8 Å². The van der Waals surface area contributed by atoms with Crippen LogP contribution in [-0.2, 0) is 14.3 Å². The monoisotopic (exact) mass is 401 g/mol. The highest BCUT2D eigenvalue weighted by Crippen LogP contribution is 2.08. The van der Waals surface area contributed by atoms with Crippen molar-refractivity contribution in [1.29, 1.82) is 0 Å². The lowest BCUT2D eigenvalue weighted by molar-refractivity contribution is -0.147. The van der Waals surface area contributed by atoms with Gasteiger partial charge in [-0.05, 0) is 30.6 Å². The van der Waals surface area contributed by atoms with E-state index in [1.54, 1.807) is 66.4 Å². The summed E-state index contributed by atoms with van der Waals surface area (Å²) in [6.07, 6.45) is 2.30. The summed E-state index contributed by atoms with van der Waals surface area (Å²) in [4.78, 5) is 36.6. The van der Waals surface area contributed by atoms with E-state index in [0.717, 1.165) is 0 Å². The van der Waals surface area contributed by atoms with Gasteiger partial charge in [-0.3, -0.25) is 9.59 Å². The van der Waals surface area contributed by atoms with Crippen LogP contribution in [0.1, 0.15) is 16.8 Å². The van der Waals surface area contributed by atoms with Crippen molar-refractivity contribution < 1.29 is 23.9 Å². The highest BCUT2D eigenvalue weighted by atomic mass is 32.2. The summed E-state index contributed by atoms with van der Waals surface area (Å²) in [7, 11) is 0. The zero-order valence-electron chi connectivity index (χ0n) is 15.6. The molecule has 2 aromatic rings. The predicted molar refractivity (Wildman–Crippen MR) is 109 cm³/mol. The molecule has 0 spiro atoms. The van der Waals surface area contributed by atoms with Crippen LogP contribution in [0.4, 0.5) is 0 Å². The van der Waals surface area contributed by atoms with E-state index < -0.39 is 17.9 Å². The normalized spacial score (nSPS) is 11.3. The smallest absolute Gasteiger partial charge is 0.329 e. The standard InChI is InChI=1S/C21H23NO5S/c1-28-13-12-18(22-20(24)15-26-17-10-6-3-7-11-17)21(25)27-14-19(23)16-8-4-2-5-9-16/h2-11,18H,12-15H2,1H3,(H,22,24)/t18-/m0/s1. The fourth-order valence-electron chi connectivity index (χ4n) is 2.33. The Morgan fingerprint density at radius 1 is 0.964 bits per heavy atom. The van der Waals surface area contributed by atoms with Gasteiger partial charge >= 0.3 is 5.97 Å². The topological polar surface area (TPSA) is 81.7 Å². The summed E-state index contributed by atoms with van der Waals surface area (Å²) < 4.78 is 10.5. The second-order valence-corrected chi connectivity index (χ2v) is 6.89. The molecule has 0 radical (unpaired) electrons. The Morgan fingerprint density at radius 3 is 2.25 bits per heavy atom. The van der Waals surface area contributed by atoms with E-state index in [1.165, 1.54) is 0 Å². The third-order valence-electron chi connectivity index (χ3n) is 3.78. The van der Waals surface area contributed by atoms with Gasteiger partial charge < -0.3 is 14.8 Å². The highest BCUT2D eigenvalue weighted by Gasteiger charge is 2.23. The third kappa shape index (κ3) is 7.44. The molecule has 1 N–H and O–H groups in total. The first kappa shape index (κ1) is 21.5. The van der Waals surface area contributed by atoms with E-state index >= 15 is 0 Å². The van der Waals surface area contributed by atoms with Crippen LogP contribution in [0.5, 0.6) is 5.75 Å². The number of hydrogen-bond donors (Lipinski definition) is 1. The van der Waals surface area contributed by atoms with E-state index in [1.807, 2.05) is 12.3 Å². The average molecular weight is 401 g/mol. The fourth-order valence-corrected chi connectivity index (χ4v) is 2.80. The molecule has 0 aliphatic rings. The molecule has 28 heavy (non-hydrogen) atoms. The molecular formula is C21H23NO5S. The molecule has 148 valence electrons. The minimum absolute atomic E-state index is 0.212. The zero-order chi connectivity index (χ0) is 20.2. The third-order valence-corrected chi connectivity index (χ3v) is 4.43. The van der Waals surface area contributed by atoms with Crippen LogP contribution in [0, 0.1) is 0 Å². The predicted octanol–water partition coefficient (Wildman–Crippen LogP) is 2.73. The molecule has 0 fully saturated rings. The van der Waals surface area contributed by atoms with Crippen LogP contribution in [0.25, 0.3) is 0 Å². The molecule has 0 heterocycles. The first-order chi connectivity index (χ1) is 13.6. The Hall–Kier alpha value is -2.80. The molecule has 7 heteroatoms. The van der Waals surface area contributed by atoms with Gasteiger partial charge in [0.1, 0.15) is 11.8 Å². The average Bonchev–Trinajstić information content (AvgIpc) is 2.74. The van der Waals surface area contributed by atoms with Gasteiger partial charge in [-0.15, -0.1) is 0 Å². The Balaban J connectivity index is 1.85. The minimum Gasteiger partial charge on any atom is -0.484 e. The fraction of sp³-hybridized carbons (Fsp3) is 0.286. The number of ether oxygens (including phenoxy) is 2. The number of Topliss-reactive ketones (excluding diaryl/α,β-unsaturated/α-hetero) is 1. The summed E-state index contributed by atoms with van der Waals surface area (Å²) in [5.41, 5.74) is 0.469. The maximum Gasteiger partial charge on any atom is 0.329 e. The van der Waals surface area contributed by atoms with Crippen molar-refractivity contribution >= 4 is 29.4 Å². The van der Waals surface area contributed by atoms with Crippen LogP contribution in [0.15, 0.2) is 60.7 Å². The Bertz CT molecular complexity index is 767. The number of carbonyl (C=O) groups excluding carboxylic acids is 3. The van der Waals surface area contributed by atoms with Gasteiger partial charge in [0.15, 0.2) is 19.0 Å². The molecule has 0 saturated heterocycles. The molecule has 0 aromatic heterocycles. The van der Waals surface area contributed by atoms with Crippen molar-refractivity contribution in [3.8, 4) is 5.75 Å². The summed E-state index contributed by atoms with van der Waals surface area (Å²) in [5.74, 6) is -0.134. The molecule has 0 aliphatic heterocycles. The second kappa shape index (κ2) is 11.8. The van der Waals surface area contributed by atoms with Crippen molar-refractivity contribution in [2.75, 3.05) is 25.2 Å². The van der Waals surface area contributed by atoms with Crippen molar-refractivity contribution in [2.45, 2.75) is 12.5 Å². The molecule has 0 bridgehead atoms. The maximum atomic E-state index is 12.4. The van der Waals surface area contributed by atoms with E-state index in [-0.39, 0.29) is 19.0 Å². The number of thioether (sulfide) groups is 1. The largest absolute Gasteiger partial charge is 0.484 e. The SMILES string of the molecule is CSCC[C@H](NC(=O)COc1ccccc1)C(=O)OCC(=O)c1ccccc1. The number of hydrogen-bond acceptors (Lipinski definition) is 6. The quantitative estimate of drug-likeness (QED) is 0.461. The molecule has 0 saturated carbocycles. The lowest BCUT2D eigenvalue weighted by atomic mass is 10.1. The molecule has 1 atom stereocenters. The van der Waals surface area contributed by atoms with Gasteiger partial charge in [0.2, 0.25) is 0 Å². The van der Waals surface area contributed by atoms with Crippen LogP contribution >= 0.6 is 11.8 Å². The zero-order valence-corrected chi connectivity index (χ0v) is 16.4. The lowest BCUT2D eigenvalue weighted by Gasteiger charge is -2.17. The molecular weight excluding hydrogens is 378 g/mol. The number of para-hydroxylation sites is 1. The minimum atomic E-state index is -0.831. The summed E-state index contributed by atoms with van der Waals surface area (Å²) in [6, 6.07) is 16.7. The number of ketones is 1. The lowest BCUT2D eigenvalue weighted by Crippen LogP contribution is -2.44. The van der Waals surface area contributed by atoms with Crippen LogP contribution < -0.4 is 10.1 Å². The summed E-state index contributed by atoms with van der Waals surface area (Å²) in [5, 5.41) is 2.62. The van der Waals surface area contributed by atoms with Crippen molar-refractivity contribution in [2.24, 2.45) is 0 Å². The van der Waals surface area contributed by atoms with Crippen molar-refractivity contribution in [1.82, 2.24) is 5.32 Å². The number of rotatable bonds is 11. The first-order valence-corrected chi connectivity index (χ1v) is 10.2. The van der Waals surface area contributed by atoms with Crippen molar-refractivity contribution in [3.63, 3.8) is 0 Å². The Morgan fingerprint density at radius 2 is 1.61 bits per heavy atom. The molecule has 0 aliphatic carbocycles. The highest BCUT2D eigenvalue weighted by molar-refractivity contribution is 7.98. The van der Waals surface area contributed by atoms with Gasteiger partial charge in [0, 0.05) is 5.56 Å². The molecule has 0 unspecified atom stereocenters. The van der Waals surface area contributed by atoms with E-state index in [0.29, 0.717) is 23.5 Å². The molecule has 6 nitrogen and oxygen atoms in total. The van der Waals surface area contributed by atoms with Crippen molar-refractivity contribution in [3.05, 3.63) is 66.2 Å². The van der Waals surface area contributed by atoms with Gasteiger partial charge in [-0.1, -0.05) is 48.5 Å². The molecule has 2 aromatic carbocycles. The van der Waals surface area contributed by atoms with Gasteiger partial charge in [-0.25, -0.2) is 4.79 Å².